The van der Waals surface area contributed by atoms with Crippen LogP contribution in [0.1, 0.15) is 68.0 Å². The Kier molecular flexibility index (Phi) is 9.05. The van der Waals surface area contributed by atoms with E-state index in [9.17, 15) is 26.6 Å². The van der Waals surface area contributed by atoms with Crippen molar-refractivity contribution in [1.82, 2.24) is 4.72 Å². The molecule has 0 heterocycles. The monoisotopic (exact) mass is 537 g/mol. The van der Waals surface area contributed by atoms with E-state index in [4.69, 9.17) is 4.74 Å². The van der Waals surface area contributed by atoms with Crippen molar-refractivity contribution in [3.8, 4) is 11.1 Å². The summed E-state index contributed by atoms with van der Waals surface area (Å²) in [6, 6.07) is -0.369. The first-order valence-corrected chi connectivity index (χ1v) is 12.3. The molecule has 0 unspecified atom stereocenters. The maximum Gasteiger partial charge on any atom is 0.419 e. The Hall–Kier alpha value is -2.40. The van der Waals surface area contributed by atoms with Crippen LogP contribution >= 0.6 is 0 Å². The van der Waals surface area contributed by atoms with Gasteiger partial charge in [-0.25, -0.2) is 22.1 Å². The summed E-state index contributed by atoms with van der Waals surface area (Å²) in [4.78, 5) is 12.2. The lowest BCUT2D eigenvalue weighted by atomic mass is 9.88. The van der Waals surface area contributed by atoms with E-state index in [2.05, 4.69) is 4.72 Å². The molecule has 4 nitrogen and oxygen atoms in total. The molecule has 0 radical (unpaired) electrons. The standard InChI is InChI=1S/C25H29F6NO3S/c1-8-35-19(33)11-18(32-36(34)24(5,6)7)21-22(27)15(10-16(23(21)28)25(29,30)31)20-12(2)9-17(26)13(3)14(20)4/h9-10,18,32H,8,11H2,1-7H3/t18-,36+/m0/s1. The quantitative estimate of drug-likeness (QED) is 0.314. The summed E-state index contributed by atoms with van der Waals surface area (Å²) < 4.78 is 106. The lowest BCUT2D eigenvalue weighted by Crippen LogP contribution is -2.37. The second kappa shape index (κ2) is 10.9. The first-order chi connectivity index (χ1) is 16.4. The Morgan fingerprint density at radius 3 is 2.11 bits per heavy atom. The summed E-state index contributed by atoms with van der Waals surface area (Å²) in [7, 11) is -2.02. The van der Waals surface area contributed by atoms with E-state index in [0.29, 0.717) is 6.07 Å². The number of benzene rings is 2. The average molecular weight is 538 g/mol. The van der Waals surface area contributed by atoms with Crippen LogP contribution in [0.2, 0.25) is 0 Å². The van der Waals surface area contributed by atoms with E-state index >= 15 is 8.78 Å². The zero-order chi connectivity index (χ0) is 27.7. The third-order valence-electron chi connectivity index (χ3n) is 5.67. The molecule has 2 aromatic rings. The number of rotatable bonds is 7. The summed E-state index contributed by atoms with van der Waals surface area (Å²) in [5.41, 5.74) is -3.14. The largest absolute Gasteiger partial charge is 0.466 e. The van der Waals surface area contributed by atoms with Gasteiger partial charge >= 0.3 is 12.1 Å². The normalized spacial score (nSPS) is 14.0. The number of hydrogen-bond acceptors (Lipinski definition) is 3. The second-order valence-electron chi connectivity index (χ2n) is 9.37. The average Bonchev–Trinajstić information content (AvgIpc) is 2.72. The van der Waals surface area contributed by atoms with E-state index in [0.717, 1.165) is 6.07 Å². The fourth-order valence-corrected chi connectivity index (χ4v) is 4.51. The smallest absolute Gasteiger partial charge is 0.419 e. The topological polar surface area (TPSA) is 55.4 Å². The summed E-state index contributed by atoms with van der Waals surface area (Å²) in [5, 5.41) is 0. The van der Waals surface area contributed by atoms with Crippen LogP contribution < -0.4 is 4.72 Å². The first-order valence-electron chi connectivity index (χ1n) is 11.1. The van der Waals surface area contributed by atoms with Gasteiger partial charge in [0.1, 0.15) is 17.5 Å². The SMILES string of the molecule is CCOC(=O)C[C@H](N[S@](=O)C(C)(C)C)c1c(F)c(-c2c(C)cc(F)c(C)c2C)cc(C(F)(F)F)c1F. The Morgan fingerprint density at radius 1 is 1.03 bits per heavy atom. The van der Waals surface area contributed by atoms with E-state index in [1.54, 1.807) is 0 Å². The molecule has 0 aromatic heterocycles. The minimum absolute atomic E-state index is 0.0371. The molecule has 0 aliphatic heterocycles. The van der Waals surface area contributed by atoms with Gasteiger partial charge < -0.3 is 4.74 Å². The number of ether oxygens (including phenoxy) is 1. The molecular formula is C25H29F6NO3S. The molecule has 0 amide bonds. The maximum absolute atomic E-state index is 16.0. The fraction of sp³-hybridized carbons (Fsp3) is 0.480. The lowest BCUT2D eigenvalue weighted by molar-refractivity contribution is -0.143. The van der Waals surface area contributed by atoms with Crippen molar-refractivity contribution in [2.45, 2.75) is 71.9 Å². The summed E-state index contributed by atoms with van der Waals surface area (Å²) in [5.74, 6) is -4.91. The fourth-order valence-electron chi connectivity index (χ4n) is 3.69. The molecule has 0 fully saturated rings. The zero-order valence-corrected chi connectivity index (χ0v) is 21.9. The summed E-state index contributed by atoms with van der Waals surface area (Å²) in [6.45, 7) is 10.2. The third-order valence-corrected chi connectivity index (χ3v) is 7.28. The minimum atomic E-state index is -5.23. The van der Waals surface area contributed by atoms with Gasteiger partial charge in [0, 0.05) is 11.1 Å². The Labute approximate surface area is 209 Å². The van der Waals surface area contributed by atoms with Gasteiger partial charge in [-0.05, 0) is 82.9 Å². The van der Waals surface area contributed by atoms with Gasteiger partial charge in [0.15, 0.2) is 0 Å². The van der Waals surface area contributed by atoms with Gasteiger partial charge in [-0.15, -0.1) is 0 Å². The van der Waals surface area contributed by atoms with Crippen LogP contribution in [0.25, 0.3) is 11.1 Å². The molecule has 36 heavy (non-hydrogen) atoms. The molecule has 0 spiro atoms. The van der Waals surface area contributed by atoms with Crippen molar-refractivity contribution in [2.24, 2.45) is 0 Å². The van der Waals surface area contributed by atoms with Gasteiger partial charge in [0.25, 0.3) is 0 Å². The van der Waals surface area contributed by atoms with Crippen molar-refractivity contribution in [2.75, 3.05) is 6.61 Å². The van der Waals surface area contributed by atoms with Crippen molar-refractivity contribution < 1.29 is 40.1 Å². The van der Waals surface area contributed by atoms with E-state index in [-0.39, 0.29) is 28.9 Å². The van der Waals surface area contributed by atoms with Crippen LogP contribution in [-0.4, -0.2) is 21.5 Å². The molecular weight excluding hydrogens is 508 g/mol. The highest BCUT2D eigenvalue weighted by atomic mass is 32.2. The lowest BCUT2D eigenvalue weighted by Gasteiger charge is -2.27. The Morgan fingerprint density at radius 2 is 1.61 bits per heavy atom. The van der Waals surface area contributed by atoms with Crippen molar-refractivity contribution in [3.05, 3.63) is 57.4 Å². The first kappa shape index (κ1) is 29.8. The van der Waals surface area contributed by atoms with Crippen LogP contribution in [-0.2, 0) is 26.7 Å². The van der Waals surface area contributed by atoms with Gasteiger partial charge in [-0.3, -0.25) is 4.79 Å². The van der Waals surface area contributed by atoms with Gasteiger partial charge in [0.2, 0.25) is 0 Å². The van der Waals surface area contributed by atoms with E-state index in [1.165, 1.54) is 48.5 Å². The molecule has 2 aromatic carbocycles. The van der Waals surface area contributed by atoms with E-state index < -0.39 is 74.5 Å². The van der Waals surface area contributed by atoms with Crippen LogP contribution in [0.15, 0.2) is 12.1 Å². The zero-order valence-electron chi connectivity index (χ0n) is 21.0. The summed E-state index contributed by atoms with van der Waals surface area (Å²) >= 11 is 0. The Balaban J connectivity index is 2.95. The van der Waals surface area contributed by atoms with Gasteiger partial charge in [-0.2, -0.15) is 13.2 Å². The van der Waals surface area contributed by atoms with Crippen molar-refractivity contribution >= 4 is 17.0 Å². The van der Waals surface area contributed by atoms with E-state index in [1.807, 2.05) is 0 Å². The van der Waals surface area contributed by atoms with Crippen molar-refractivity contribution in [3.63, 3.8) is 0 Å². The highest BCUT2D eigenvalue weighted by Gasteiger charge is 2.40. The molecule has 2 atom stereocenters. The number of nitrogens with one attached hydrogen (secondary N) is 1. The van der Waals surface area contributed by atoms with Crippen molar-refractivity contribution in [1.29, 1.82) is 0 Å². The molecule has 0 bridgehead atoms. The number of esters is 1. The molecule has 0 aliphatic rings. The molecule has 0 saturated carbocycles. The maximum atomic E-state index is 16.0. The van der Waals surface area contributed by atoms with Crippen LogP contribution in [0.4, 0.5) is 26.3 Å². The number of hydrogen-bond donors (Lipinski definition) is 1. The number of carbonyl (C=O) groups excluding carboxylic acids is 1. The predicted octanol–water partition coefficient (Wildman–Crippen LogP) is 6.76. The number of alkyl halides is 3. The number of halogens is 6. The molecule has 1 N–H and O–H groups in total. The molecule has 2 rings (SSSR count). The number of aryl methyl sites for hydroxylation is 1. The van der Waals surface area contributed by atoms with Gasteiger partial charge in [0.05, 0.1) is 40.4 Å². The molecule has 0 saturated heterocycles. The van der Waals surface area contributed by atoms with Crippen LogP contribution in [0.3, 0.4) is 0 Å². The molecule has 11 heteroatoms. The Bertz CT molecular complexity index is 1190. The molecule has 0 aliphatic carbocycles. The second-order valence-corrected chi connectivity index (χ2v) is 11.4. The molecule has 200 valence electrons. The summed E-state index contributed by atoms with van der Waals surface area (Å²) in [6.07, 6.45) is -6.01. The highest BCUT2D eigenvalue weighted by Crippen LogP contribution is 2.42. The predicted molar refractivity (Wildman–Crippen MR) is 126 cm³/mol. The van der Waals surface area contributed by atoms with Crippen LogP contribution in [0.5, 0.6) is 0 Å². The third kappa shape index (κ3) is 6.29. The minimum Gasteiger partial charge on any atom is -0.466 e. The number of carbonyl (C=O) groups is 1. The van der Waals surface area contributed by atoms with Gasteiger partial charge in [-0.1, -0.05) is 0 Å². The van der Waals surface area contributed by atoms with Crippen LogP contribution in [0, 0.1) is 38.2 Å². The highest BCUT2D eigenvalue weighted by molar-refractivity contribution is 7.84.